The Morgan fingerprint density at radius 1 is 1.78 bits per heavy atom. The van der Waals surface area contributed by atoms with Crippen LogP contribution in [0.15, 0.2) is 0 Å². The lowest BCUT2D eigenvalue weighted by atomic mass is 10.2. The summed E-state index contributed by atoms with van der Waals surface area (Å²) < 4.78 is 0. The Bertz CT molecular complexity index is 119. The molecule has 0 bridgehead atoms. The second-order valence-corrected chi connectivity index (χ2v) is 1.84. The van der Waals surface area contributed by atoms with Crippen LogP contribution in [-0.4, -0.2) is 29.7 Å². The lowest BCUT2D eigenvalue weighted by Gasteiger charge is -2.00. The van der Waals surface area contributed by atoms with Crippen molar-refractivity contribution in [2.75, 3.05) is 6.54 Å². The van der Waals surface area contributed by atoms with E-state index in [9.17, 15) is 4.79 Å². The average Bonchev–Trinajstić information content (AvgIpc) is 1.98. The first-order valence-electron chi connectivity index (χ1n) is 2.43. The fraction of sp³-hybridized carbons (Fsp3) is 0.750. The number of hydrogen-bond acceptors (Lipinski definition) is 3. The molecule has 9 heavy (non-hydrogen) atoms. The van der Waals surface area contributed by atoms with E-state index < -0.39 is 12.1 Å². The van der Waals surface area contributed by atoms with Crippen molar-refractivity contribution in [1.82, 2.24) is 5.32 Å². The van der Waals surface area contributed by atoms with Gasteiger partial charge in [0.15, 0.2) is 0 Å². The Labute approximate surface area is 58.8 Å². The molecule has 54 valence electrons. The van der Waals surface area contributed by atoms with Crippen LogP contribution in [0.25, 0.3) is 0 Å². The highest BCUT2D eigenvalue weighted by molar-refractivity contribution is 5.85. The van der Waals surface area contributed by atoms with Crippen LogP contribution in [-0.2, 0) is 4.79 Å². The molecule has 4 N–H and O–H groups in total. The number of halogens is 1. The van der Waals surface area contributed by atoms with E-state index in [2.05, 4.69) is 5.32 Å². The van der Waals surface area contributed by atoms with Gasteiger partial charge in [-0.1, -0.05) is 0 Å². The van der Waals surface area contributed by atoms with Crippen molar-refractivity contribution in [2.24, 2.45) is 5.73 Å². The summed E-state index contributed by atoms with van der Waals surface area (Å²) in [5.74, 6) is -0.266. The molecule has 0 unspecified atom stereocenters. The maximum Gasteiger partial charge on any atom is 0.239 e. The molecular formula is C4H9ClN2O2. The van der Waals surface area contributed by atoms with Gasteiger partial charge in [0.2, 0.25) is 5.91 Å². The molecule has 0 aliphatic carbocycles. The molecule has 1 rings (SSSR count). The van der Waals surface area contributed by atoms with E-state index in [1.54, 1.807) is 0 Å². The molecule has 1 heterocycles. The lowest BCUT2D eigenvalue weighted by molar-refractivity contribution is -0.120. The number of carbonyl (C=O) groups excluding carboxylic acids is 1. The van der Waals surface area contributed by atoms with E-state index in [1.165, 1.54) is 0 Å². The highest BCUT2D eigenvalue weighted by Gasteiger charge is 2.28. The van der Waals surface area contributed by atoms with Gasteiger partial charge in [-0.2, -0.15) is 0 Å². The third-order valence-electron chi connectivity index (χ3n) is 1.20. The van der Waals surface area contributed by atoms with Gasteiger partial charge in [-0.15, -0.1) is 12.4 Å². The molecule has 0 aromatic heterocycles. The smallest absolute Gasteiger partial charge is 0.239 e. The van der Waals surface area contributed by atoms with Gasteiger partial charge in [-0.25, -0.2) is 0 Å². The second kappa shape index (κ2) is 3.00. The van der Waals surface area contributed by atoms with Crippen molar-refractivity contribution in [3.05, 3.63) is 0 Å². The molecule has 1 aliphatic rings. The van der Waals surface area contributed by atoms with E-state index >= 15 is 0 Å². The Morgan fingerprint density at radius 3 is 2.44 bits per heavy atom. The van der Waals surface area contributed by atoms with Gasteiger partial charge in [-0.05, 0) is 0 Å². The summed E-state index contributed by atoms with van der Waals surface area (Å²) in [6.07, 6.45) is -0.692. The minimum Gasteiger partial charge on any atom is -0.389 e. The van der Waals surface area contributed by atoms with Crippen LogP contribution in [0.3, 0.4) is 0 Å². The predicted molar refractivity (Wildman–Crippen MR) is 34.2 cm³/mol. The number of nitrogens with one attached hydrogen (secondary N) is 1. The molecular weight excluding hydrogens is 144 g/mol. The summed E-state index contributed by atoms with van der Waals surface area (Å²) in [6.45, 7) is 0.292. The minimum absolute atomic E-state index is 0. The first-order chi connectivity index (χ1) is 3.72. The molecule has 0 aromatic rings. The number of aliphatic hydroxyl groups excluding tert-OH is 1. The van der Waals surface area contributed by atoms with Crippen LogP contribution < -0.4 is 11.1 Å². The van der Waals surface area contributed by atoms with Crippen LogP contribution in [0.2, 0.25) is 0 Å². The average molecular weight is 153 g/mol. The third-order valence-corrected chi connectivity index (χ3v) is 1.20. The number of nitrogens with two attached hydrogens (primary N) is 1. The van der Waals surface area contributed by atoms with Crippen molar-refractivity contribution in [3.8, 4) is 0 Å². The number of amides is 1. The Morgan fingerprint density at radius 2 is 2.33 bits per heavy atom. The summed E-state index contributed by atoms with van der Waals surface area (Å²) in [5.41, 5.74) is 5.16. The molecule has 0 radical (unpaired) electrons. The van der Waals surface area contributed by atoms with Crippen LogP contribution in [0.4, 0.5) is 0 Å². The summed E-state index contributed by atoms with van der Waals surface area (Å²) in [6, 6.07) is -0.713. The summed E-state index contributed by atoms with van der Waals surface area (Å²) >= 11 is 0. The molecule has 4 nitrogen and oxygen atoms in total. The Kier molecular flexibility index (Phi) is 2.90. The fourth-order valence-corrected chi connectivity index (χ4v) is 0.625. The first kappa shape index (κ1) is 8.68. The third kappa shape index (κ3) is 1.54. The second-order valence-electron chi connectivity index (χ2n) is 1.84. The zero-order valence-corrected chi connectivity index (χ0v) is 5.52. The molecule has 1 saturated heterocycles. The quantitative estimate of drug-likeness (QED) is 0.385. The van der Waals surface area contributed by atoms with Gasteiger partial charge in [0.1, 0.15) is 6.04 Å². The molecule has 1 fully saturated rings. The Balaban J connectivity index is 0.000000640. The van der Waals surface area contributed by atoms with E-state index in [-0.39, 0.29) is 18.3 Å². The topological polar surface area (TPSA) is 75.4 Å². The van der Waals surface area contributed by atoms with Crippen LogP contribution in [0.5, 0.6) is 0 Å². The SMILES string of the molecule is Cl.N[C@@H]1C(=O)NC[C@H]1O. The number of aliphatic hydroxyl groups is 1. The maximum atomic E-state index is 10.4. The largest absolute Gasteiger partial charge is 0.389 e. The van der Waals surface area contributed by atoms with Gasteiger partial charge in [0.05, 0.1) is 6.10 Å². The van der Waals surface area contributed by atoms with Crippen molar-refractivity contribution in [3.63, 3.8) is 0 Å². The van der Waals surface area contributed by atoms with Crippen molar-refractivity contribution in [2.45, 2.75) is 12.1 Å². The highest BCUT2D eigenvalue weighted by atomic mass is 35.5. The maximum absolute atomic E-state index is 10.4. The summed E-state index contributed by atoms with van der Waals surface area (Å²) in [4.78, 5) is 10.4. The van der Waals surface area contributed by atoms with Crippen molar-refractivity contribution in [1.29, 1.82) is 0 Å². The molecule has 1 aliphatic heterocycles. The Hall–Kier alpha value is -0.320. The molecule has 1 amide bonds. The lowest BCUT2D eigenvalue weighted by Crippen LogP contribution is -2.36. The molecule has 0 aromatic carbocycles. The van der Waals surface area contributed by atoms with Gasteiger partial charge >= 0.3 is 0 Å². The number of carbonyl (C=O) groups is 1. The predicted octanol–water partition coefficient (Wildman–Crippen LogP) is -1.77. The molecule has 5 heteroatoms. The van der Waals surface area contributed by atoms with Crippen LogP contribution >= 0.6 is 12.4 Å². The molecule has 2 atom stereocenters. The normalized spacial score (nSPS) is 33.3. The summed E-state index contributed by atoms with van der Waals surface area (Å²) in [5, 5.41) is 11.2. The van der Waals surface area contributed by atoms with Gasteiger partial charge in [0.25, 0.3) is 0 Å². The van der Waals surface area contributed by atoms with E-state index in [4.69, 9.17) is 10.8 Å². The number of β-amino-alcohol motifs (C(OH)–C–C–N with tert-alkyl or cyclic N) is 1. The standard InChI is InChI=1S/C4H8N2O2.ClH/c5-3-2(7)1-6-4(3)8;/h2-3,7H,1,5H2,(H,6,8);1H/t2-,3+;/m1./s1. The van der Waals surface area contributed by atoms with Gasteiger partial charge in [0, 0.05) is 6.54 Å². The monoisotopic (exact) mass is 152 g/mol. The highest BCUT2D eigenvalue weighted by Crippen LogP contribution is 1.95. The number of rotatable bonds is 0. The van der Waals surface area contributed by atoms with Gasteiger partial charge in [-0.3, -0.25) is 4.79 Å². The summed E-state index contributed by atoms with van der Waals surface area (Å²) in [7, 11) is 0. The van der Waals surface area contributed by atoms with Crippen molar-refractivity contribution >= 4 is 18.3 Å². The van der Waals surface area contributed by atoms with Crippen molar-refractivity contribution < 1.29 is 9.90 Å². The van der Waals surface area contributed by atoms with E-state index in [0.29, 0.717) is 6.54 Å². The van der Waals surface area contributed by atoms with E-state index in [1.807, 2.05) is 0 Å². The minimum atomic E-state index is -0.713. The zero-order valence-electron chi connectivity index (χ0n) is 4.70. The zero-order chi connectivity index (χ0) is 6.15. The van der Waals surface area contributed by atoms with Gasteiger partial charge < -0.3 is 16.2 Å². The number of hydrogen-bond donors (Lipinski definition) is 3. The molecule has 0 saturated carbocycles. The van der Waals surface area contributed by atoms with Crippen LogP contribution in [0, 0.1) is 0 Å². The molecule has 0 spiro atoms. The fourth-order valence-electron chi connectivity index (χ4n) is 0.625. The first-order valence-corrected chi connectivity index (χ1v) is 2.43. The van der Waals surface area contributed by atoms with Crippen LogP contribution in [0.1, 0.15) is 0 Å². The van der Waals surface area contributed by atoms with E-state index in [0.717, 1.165) is 0 Å².